The molecule has 110 valence electrons. The Morgan fingerprint density at radius 2 is 1.85 bits per heavy atom. The molecule has 1 amide bonds. The Morgan fingerprint density at radius 1 is 1.20 bits per heavy atom. The number of rotatable bonds is 2. The van der Waals surface area contributed by atoms with Gasteiger partial charge in [0.1, 0.15) is 0 Å². The van der Waals surface area contributed by atoms with Crippen LogP contribution >= 0.6 is 0 Å². The van der Waals surface area contributed by atoms with Gasteiger partial charge in [0.25, 0.3) is 0 Å². The molecule has 0 aliphatic carbocycles. The van der Waals surface area contributed by atoms with Gasteiger partial charge >= 0.3 is 12.3 Å². The first-order valence-corrected chi connectivity index (χ1v) is 6.34. The fraction of sp³-hybridized carbons (Fsp3) is 0.462. The average molecular weight is 288 g/mol. The molecular formula is C13H15F3N2O2. The molecule has 1 fully saturated rings. The molecule has 2 rings (SSSR count). The second-order valence-corrected chi connectivity index (χ2v) is 4.71. The molecule has 0 aromatic heterocycles. The van der Waals surface area contributed by atoms with E-state index < -0.39 is 17.8 Å². The van der Waals surface area contributed by atoms with E-state index in [1.165, 1.54) is 6.07 Å². The van der Waals surface area contributed by atoms with Crippen molar-refractivity contribution in [2.24, 2.45) is 0 Å². The van der Waals surface area contributed by atoms with E-state index in [-0.39, 0.29) is 5.69 Å². The third kappa shape index (κ3) is 3.34. The first kappa shape index (κ1) is 14.5. The van der Waals surface area contributed by atoms with E-state index in [4.69, 9.17) is 5.11 Å². The lowest BCUT2D eigenvalue weighted by atomic mass is 10.1. The van der Waals surface area contributed by atoms with Crippen molar-refractivity contribution < 1.29 is 23.1 Å². The first-order chi connectivity index (χ1) is 9.38. The molecule has 0 atom stereocenters. The number of hydrogen-bond donors (Lipinski definition) is 2. The maximum Gasteiger partial charge on any atom is 0.416 e. The number of alkyl halides is 3. The predicted molar refractivity (Wildman–Crippen MR) is 69.2 cm³/mol. The Labute approximate surface area is 114 Å². The number of anilines is 2. The van der Waals surface area contributed by atoms with Crippen molar-refractivity contribution in [3.8, 4) is 0 Å². The minimum Gasteiger partial charge on any atom is -0.465 e. The van der Waals surface area contributed by atoms with Crippen LogP contribution in [0.1, 0.15) is 24.8 Å². The molecule has 0 unspecified atom stereocenters. The molecule has 7 heteroatoms. The number of nitrogens with zero attached hydrogens (tertiary/aromatic N) is 1. The molecule has 20 heavy (non-hydrogen) atoms. The molecule has 4 nitrogen and oxygen atoms in total. The zero-order valence-corrected chi connectivity index (χ0v) is 10.7. The summed E-state index contributed by atoms with van der Waals surface area (Å²) in [6.45, 7) is 1.44. The molecule has 1 aliphatic rings. The maximum absolute atomic E-state index is 12.7. The highest BCUT2D eigenvalue weighted by Crippen LogP contribution is 2.36. The molecule has 1 heterocycles. The van der Waals surface area contributed by atoms with Crippen LogP contribution < -0.4 is 10.2 Å². The van der Waals surface area contributed by atoms with Crippen molar-refractivity contribution in [3.63, 3.8) is 0 Å². The number of nitrogens with one attached hydrogen (secondary N) is 1. The van der Waals surface area contributed by atoms with Gasteiger partial charge in [0.2, 0.25) is 0 Å². The summed E-state index contributed by atoms with van der Waals surface area (Å²) in [7, 11) is 0. The lowest BCUT2D eigenvalue weighted by Crippen LogP contribution is -2.30. The van der Waals surface area contributed by atoms with Gasteiger partial charge in [0.15, 0.2) is 0 Å². The van der Waals surface area contributed by atoms with Crippen LogP contribution in [0.2, 0.25) is 0 Å². The molecule has 0 bridgehead atoms. The molecule has 1 saturated heterocycles. The molecule has 1 aromatic carbocycles. The normalized spacial score (nSPS) is 16.1. The molecule has 0 spiro atoms. The van der Waals surface area contributed by atoms with Crippen LogP contribution in [0.5, 0.6) is 0 Å². The number of carboxylic acid groups (broad SMARTS) is 1. The van der Waals surface area contributed by atoms with Crippen molar-refractivity contribution in [1.82, 2.24) is 0 Å². The summed E-state index contributed by atoms with van der Waals surface area (Å²) in [6, 6.07) is 3.16. The van der Waals surface area contributed by atoms with Crippen molar-refractivity contribution in [1.29, 1.82) is 0 Å². The molecule has 2 N–H and O–H groups in total. The second kappa shape index (κ2) is 5.60. The largest absolute Gasteiger partial charge is 0.465 e. The number of hydrogen-bond acceptors (Lipinski definition) is 2. The second-order valence-electron chi connectivity index (χ2n) is 4.71. The minimum absolute atomic E-state index is 0.0192. The van der Waals surface area contributed by atoms with E-state index in [0.717, 1.165) is 44.5 Å². The SMILES string of the molecule is O=C(O)Nc1cc(C(F)(F)F)ccc1N1CCCCC1. The highest BCUT2D eigenvalue weighted by atomic mass is 19.4. The lowest BCUT2D eigenvalue weighted by molar-refractivity contribution is -0.137. The summed E-state index contributed by atoms with van der Waals surface area (Å²) in [5.41, 5.74) is -0.378. The van der Waals surface area contributed by atoms with Crippen LogP contribution in [0.4, 0.5) is 29.3 Å². The zero-order valence-electron chi connectivity index (χ0n) is 10.7. The topological polar surface area (TPSA) is 52.6 Å². The fourth-order valence-electron chi connectivity index (χ4n) is 2.34. The van der Waals surface area contributed by atoms with Gasteiger partial charge in [-0.3, -0.25) is 5.32 Å². The maximum atomic E-state index is 12.7. The Bertz CT molecular complexity index is 497. The van der Waals surface area contributed by atoms with Crippen LogP contribution in [0.3, 0.4) is 0 Å². The van der Waals surface area contributed by atoms with Crippen molar-refractivity contribution >= 4 is 17.5 Å². The van der Waals surface area contributed by atoms with Crippen LogP contribution in [0, 0.1) is 0 Å². The molecule has 1 aromatic rings. The van der Waals surface area contributed by atoms with Crippen molar-refractivity contribution in [2.45, 2.75) is 25.4 Å². The molecular weight excluding hydrogens is 273 g/mol. The third-order valence-corrected chi connectivity index (χ3v) is 3.26. The molecule has 0 saturated carbocycles. The summed E-state index contributed by atoms with van der Waals surface area (Å²) in [6.07, 6.45) is -2.88. The van der Waals surface area contributed by atoms with Gasteiger partial charge in [-0.2, -0.15) is 13.2 Å². The number of amides is 1. The average Bonchev–Trinajstić information content (AvgIpc) is 2.38. The Balaban J connectivity index is 2.36. The first-order valence-electron chi connectivity index (χ1n) is 6.34. The number of halogens is 3. The van der Waals surface area contributed by atoms with Crippen LogP contribution in [-0.4, -0.2) is 24.3 Å². The quantitative estimate of drug-likeness (QED) is 0.870. The summed E-state index contributed by atoms with van der Waals surface area (Å²) < 4.78 is 38.1. The van der Waals surface area contributed by atoms with Crippen LogP contribution in [0.25, 0.3) is 0 Å². The molecule has 0 radical (unpaired) electrons. The summed E-state index contributed by atoms with van der Waals surface area (Å²) in [5, 5.41) is 10.8. The van der Waals surface area contributed by atoms with Crippen molar-refractivity contribution in [2.75, 3.05) is 23.3 Å². The lowest BCUT2D eigenvalue weighted by Gasteiger charge is -2.30. The van der Waals surface area contributed by atoms with E-state index in [0.29, 0.717) is 5.69 Å². The fourth-order valence-corrected chi connectivity index (χ4v) is 2.34. The van der Waals surface area contributed by atoms with Crippen LogP contribution in [0.15, 0.2) is 18.2 Å². The van der Waals surface area contributed by atoms with Gasteiger partial charge < -0.3 is 10.0 Å². The summed E-state index contributed by atoms with van der Waals surface area (Å²) >= 11 is 0. The van der Waals surface area contributed by atoms with Gasteiger partial charge in [-0.15, -0.1) is 0 Å². The van der Waals surface area contributed by atoms with Gasteiger partial charge in [-0.1, -0.05) is 0 Å². The van der Waals surface area contributed by atoms with Crippen molar-refractivity contribution in [3.05, 3.63) is 23.8 Å². The summed E-state index contributed by atoms with van der Waals surface area (Å²) in [4.78, 5) is 12.7. The Morgan fingerprint density at radius 3 is 2.40 bits per heavy atom. The summed E-state index contributed by atoms with van der Waals surface area (Å²) in [5.74, 6) is 0. The smallest absolute Gasteiger partial charge is 0.416 e. The van der Waals surface area contributed by atoms with Crippen LogP contribution in [-0.2, 0) is 6.18 Å². The van der Waals surface area contributed by atoms with E-state index in [2.05, 4.69) is 5.32 Å². The highest BCUT2D eigenvalue weighted by Gasteiger charge is 2.31. The van der Waals surface area contributed by atoms with E-state index >= 15 is 0 Å². The standard InChI is InChI=1S/C13H15F3N2O2/c14-13(15,16)9-4-5-11(10(8-9)17-12(19)20)18-6-2-1-3-7-18/h4-5,8,17H,1-3,6-7H2,(H,19,20). The van der Waals surface area contributed by atoms with E-state index in [9.17, 15) is 18.0 Å². The van der Waals surface area contributed by atoms with Gasteiger partial charge in [-0.25, -0.2) is 4.79 Å². The van der Waals surface area contributed by atoms with Gasteiger partial charge in [0, 0.05) is 13.1 Å². The minimum atomic E-state index is -4.49. The zero-order chi connectivity index (χ0) is 14.8. The monoisotopic (exact) mass is 288 g/mol. The Kier molecular flexibility index (Phi) is 4.06. The Hall–Kier alpha value is -1.92. The van der Waals surface area contributed by atoms with Gasteiger partial charge in [0.05, 0.1) is 16.9 Å². The number of carbonyl (C=O) groups is 1. The van der Waals surface area contributed by atoms with E-state index in [1.54, 1.807) is 0 Å². The predicted octanol–water partition coefficient (Wildman–Crippen LogP) is 3.79. The molecule has 1 aliphatic heterocycles. The van der Waals surface area contributed by atoms with Gasteiger partial charge in [-0.05, 0) is 37.5 Å². The number of benzene rings is 1. The highest BCUT2D eigenvalue weighted by molar-refractivity contribution is 5.88. The number of piperidine rings is 1. The third-order valence-electron chi connectivity index (χ3n) is 3.26. The van der Waals surface area contributed by atoms with E-state index in [1.807, 2.05) is 4.90 Å².